The van der Waals surface area contributed by atoms with E-state index in [4.69, 9.17) is 28.3 Å². The molecule has 2 aromatic carbocycles. The van der Waals surface area contributed by atoms with Crippen LogP contribution in [0.15, 0.2) is 36.4 Å². The Bertz CT molecular complexity index is 1230. The Balaban J connectivity index is 2.28. The largest absolute Gasteiger partial charge is 0.396 e. The van der Waals surface area contributed by atoms with E-state index in [1.807, 2.05) is 13.8 Å². The molecular weight excluding hydrogens is 563 g/mol. The summed E-state index contributed by atoms with van der Waals surface area (Å²) in [7, 11) is 0. The minimum absolute atomic E-state index is 0.00644. The van der Waals surface area contributed by atoms with E-state index in [-0.39, 0.29) is 47.2 Å². The molecule has 0 aromatic heterocycles. The van der Waals surface area contributed by atoms with Crippen LogP contribution in [0.5, 0.6) is 0 Å². The number of aliphatic hydroxyl groups is 3. The Hall–Kier alpha value is -2.32. The minimum atomic E-state index is -1.82. The summed E-state index contributed by atoms with van der Waals surface area (Å²) in [5.41, 5.74) is -2.60. The van der Waals surface area contributed by atoms with E-state index in [0.29, 0.717) is 12.8 Å². The summed E-state index contributed by atoms with van der Waals surface area (Å²) in [4.78, 5) is 13.6. The third-order valence-electron chi connectivity index (χ3n) is 8.38. The third-order valence-corrected chi connectivity index (χ3v) is 8.90. The molecule has 1 amide bonds. The van der Waals surface area contributed by atoms with Crippen LogP contribution in [0.4, 0.5) is 8.78 Å². The normalized spacial score (nSPS) is 23.6. The van der Waals surface area contributed by atoms with Crippen LogP contribution in [0.3, 0.4) is 0 Å². The molecule has 1 saturated heterocycles. The lowest BCUT2D eigenvalue weighted by molar-refractivity contribution is -0.123. The van der Waals surface area contributed by atoms with E-state index in [2.05, 4.69) is 16.7 Å². The Kier molecular flexibility index (Phi) is 10.9. The van der Waals surface area contributed by atoms with Gasteiger partial charge in [-0.2, -0.15) is 5.26 Å². The Morgan fingerprint density at radius 2 is 1.93 bits per heavy atom. The highest BCUT2D eigenvalue weighted by atomic mass is 35.5. The van der Waals surface area contributed by atoms with E-state index in [9.17, 15) is 20.3 Å². The van der Waals surface area contributed by atoms with Crippen LogP contribution in [0.1, 0.15) is 56.6 Å². The van der Waals surface area contributed by atoms with E-state index in [1.165, 1.54) is 30.3 Å². The summed E-state index contributed by atoms with van der Waals surface area (Å²) < 4.78 is 31.4. The molecule has 1 heterocycles. The first-order chi connectivity index (χ1) is 19.0. The molecule has 40 heavy (non-hydrogen) atoms. The molecule has 3 rings (SSSR count). The average molecular weight is 599 g/mol. The summed E-state index contributed by atoms with van der Waals surface area (Å²) in [6, 6.07) is 8.29. The lowest BCUT2D eigenvalue weighted by Gasteiger charge is -2.40. The van der Waals surface area contributed by atoms with Gasteiger partial charge in [-0.05, 0) is 54.9 Å². The molecule has 1 aliphatic heterocycles. The lowest BCUT2D eigenvalue weighted by atomic mass is 9.61. The van der Waals surface area contributed by atoms with Crippen LogP contribution in [-0.4, -0.2) is 59.2 Å². The number of hydrogen-bond acceptors (Lipinski definition) is 6. The number of rotatable bonds is 12. The molecule has 0 radical (unpaired) electrons. The van der Waals surface area contributed by atoms with Gasteiger partial charge in [-0.15, -0.1) is 0 Å². The number of nitrogens with zero attached hydrogens (tertiary/aromatic N) is 1. The summed E-state index contributed by atoms with van der Waals surface area (Å²) in [6.45, 7) is 3.09. The Morgan fingerprint density at radius 1 is 1.23 bits per heavy atom. The Morgan fingerprint density at radius 3 is 2.50 bits per heavy atom. The first-order valence-corrected chi connectivity index (χ1v) is 14.0. The van der Waals surface area contributed by atoms with E-state index < -0.39 is 59.1 Å². The van der Waals surface area contributed by atoms with Crippen molar-refractivity contribution in [2.45, 2.75) is 69.1 Å². The SMILES string of the molecule is CCC(CC)(CO)CC1NC(C(=O)NCC[C@H](O)CO)C(c2cccc(Cl)c2F)C1(C#N)c1ccc(Cl)cc1F. The molecule has 2 aromatic rings. The maximum absolute atomic E-state index is 15.7. The fourth-order valence-corrected chi connectivity index (χ4v) is 6.11. The molecule has 4 unspecified atom stereocenters. The fourth-order valence-electron chi connectivity index (χ4n) is 5.77. The predicted molar refractivity (Wildman–Crippen MR) is 149 cm³/mol. The molecule has 11 heteroatoms. The Labute approximate surface area is 243 Å². The van der Waals surface area contributed by atoms with Crippen molar-refractivity contribution in [2.75, 3.05) is 19.8 Å². The first kappa shape index (κ1) is 32.2. The number of benzene rings is 2. The van der Waals surface area contributed by atoms with Gasteiger partial charge in [0.2, 0.25) is 5.91 Å². The summed E-state index contributed by atoms with van der Waals surface area (Å²) in [5.74, 6) is -3.47. The van der Waals surface area contributed by atoms with Gasteiger partial charge in [-0.25, -0.2) is 8.78 Å². The van der Waals surface area contributed by atoms with Gasteiger partial charge in [0.25, 0.3) is 0 Å². The van der Waals surface area contributed by atoms with Gasteiger partial charge in [0.05, 0.1) is 29.8 Å². The standard InChI is InChI=1S/C29H35Cl2F2N3O4/c1-3-28(4-2,16-38)13-23-29(15-34,20-9-8-17(30)12-22(20)32)24(19-6-5-7-21(31)25(19)33)26(36-23)27(40)35-11-10-18(39)14-37/h5-9,12,18,23-24,26,36-39H,3-4,10-11,13-14,16H2,1-2H3,(H,35,40)/t18-,23?,24?,26?,29?/m0/s1. The van der Waals surface area contributed by atoms with Crippen LogP contribution < -0.4 is 10.6 Å². The molecular formula is C29H35Cl2F2N3O4. The molecule has 0 spiro atoms. The zero-order valence-corrected chi connectivity index (χ0v) is 23.9. The number of amides is 1. The van der Waals surface area contributed by atoms with E-state index >= 15 is 8.78 Å². The van der Waals surface area contributed by atoms with Crippen LogP contribution in [0, 0.1) is 28.4 Å². The second-order valence-electron chi connectivity index (χ2n) is 10.4. The molecule has 218 valence electrons. The third kappa shape index (κ3) is 6.13. The predicted octanol–water partition coefficient (Wildman–Crippen LogP) is 4.21. The zero-order chi connectivity index (χ0) is 29.7. The van der Waals surface area contributed by atoms with Crippen LogP contribution in [0.2, 0.25) is 10.0 Å². The van der Waals surface area contributed by atoms with Crippen molar-refractivity contribution < 1.29 is 28.9 Å². The van der Waals surface area contributed by atoms with Gasteiger partial charge < -0.3 is 26.0 Å². The maximum Gasteiger partial charge on any atom is 0.237 e. The molecule has 5 N–H and O–H groups in total. The second-order valence-corrected chi connectivity index (χ2v) is 11.3. The monoisotopic (exact) mass is 597 g/mol. The van der Waals surface area contributed by atoms with Crippen molar-refractivity contribution in [3.05, 3.63) is 69.2 Å². The number of halogens is 4. The number of hydrogen-bond donors (Lipinski definition) is 5. The van der Waals surface area contributed by atoms with Crippen LogP contribution >= 0.6 is 23.2 Å². The minimum Gasteiger partial charge on any atom is -0.396 e. The maximum atomic E-state index is 15.7. The molecule has 1 fully saturated rings. The van der Waals surface area contributed by atoms with Gasteiger partial charge in [0, 0.05) is 35.7 Å². The molecule has 0 aliphatic carbocycles. The molecule has 0 saturated carbocycles. The van der Waals surface area contributed by atoms with Gasteiger partial charge in [-0.3, -0.25) is 4.79 Å². The van der Waals surface area contributed by atoms with Crippen LogP contribution in [0.25, 0.3) is 0 Å². The molecule has 0 bridgehead atoms. The van der Waals surface area contributed by atoms with Gasteiger partial charge in [0.1, 0.15) is 17.0 Å². The number of nitriles is 1. The van der Waals surface area contributed by atoms with Gasteiger partial charge >= 0.3 is 0 Å². The van der Waals surface area contributed by atoms with E-state index in [0.717, 1.165) is 6.07 Å². The first-order valence-electron chi connectivity index (χ1n) is 13.3. The number of nitrogens with one attached hydrogen (secondary N) is 2. The fraction of sp³-hybridized carbons (Fsp3) is 0.517. The highest BCUT2D eigenvalue weighted by Gasteiger charge is 2.61. The zero-order valence-electron chi connectivity index (χ0n) is 22.4. The smallest absolute Gasteiger partial charge is 0.237 e. The number of carbonyl (C=O) groups excluding carboxylic acids is 1. The second kappa shape index (κ2) is 13.6. The summed E-state index contributed by atoms with van der Waals surface area (Å²) >= 11 is 12.2. The highest BCUT2D eigenvalue weighted by Crippen LogP contribution is 2.53. The highest BCUT2D eigenvalue weighted by molar-refractivity contribution is 6.31. The van der Waals surface area contributed by atoms with Gasteiger partial charge in [-0.1, -0.05) is 55.2 Å². The molecule has 7 nitrogen and oxygen atoms in total. The quantitative estimate of drug-likeness (QED) is 0.250. The van der Waals surface area contributed by atoms with Crippen molar-refractivity contribution in [1.82, 2.24) is 10.6 Å². The summed E-state index contributed by atoms with van der Waals surface area (Å²) in [6.07, 6.45) is 0.261. The van der Waals surface area contributed by atoms with Crippen molar-refractivity contribution in [3.63, 3.8) is 0 Å². The number of carbonyl (C=O) groups is 1. The van der Waals surface area contributed by atoms with Crippen LogP contribution in [-0.2, 0) is 10.2 Å². The van der Waals surface area contributed by atoms with Crippen molar-refractivity contribution in [2.24, 2.45) is 5.41 Å². The topological polar surface area (TPSA) is 126 Å². The summed E-state index contributed by atoms with van der Waals surface area (Å²) in [5, 5.41) is 45.9. The van der Waals surface area contributed by atoms with E-state index in [1.54, 1.807) is 0 Å². The van der Waals surface area contributed by atoms with Crippen molar-refractivity contribution in [3.8, 4) is 6.07 Å². The van der Waals surface area contributed by atoms with Gasteiger partial charge in [0.15, 0.2) is 0 Å². The number of aliphatic hydroxyl groups excluding tert-OH is 3. The lowest BCUT2D eigenvalue weighted by Crippen LogP contribution is -2.47. The van der Waals surface area contributed by atoms with Crippen molar-refractivity contribution >= 4 is 29.1 Å². The molecule has 1 aliphatic rings. The molecule has 5 atom stereocenters. The average Bonchev–Trinajstić information content (AvgIpc) is 3.27. The van der Waals surface area contributed by atoms with Crippen molar-refractivity contribution in [1.29, 1.82) is 5.26 Å².